The van der Waals surface area contributed by atoms with E-state index >= 15 is 0 Å². The molecule has 1 aliphatic rings. The highest BCUT2D eigenvalue weighted by atomic mass is 19.1. The van der Waals surface area contributed by atoms with E-state index in [9.17, 15) is 28.3 Å². The monoisotopic (exact) mass is 443 g/mol. The first kappa shape index (κ1) is 24.4. The molecule has 1 amide bonds. The van der Waals surface area contributed by atoms with Crippen molar-refractivity contribution in [2.75, 3.05) is 13.2 Å². The van der Waals surface area contributed by atoms with E-state index in [1.54, 1.807) is 27.7 Å². The lowest BCUT2D eigenvalue weighted by Gasteiger charge is -2.27. The van der Waals surface area contributed by atoms with Crippen LogP contribution in [0.15, 0.2) is 18.2 Å². The highest BCUT2D eigenvalue weighted by Crippen LogP contribution is 2.27. The highest BCUT2D eigenvalue weighted by Gasteiger charge is 2.42. The van der Waals surface area contributed by atoms with Crippen molar-refractivity contribution in [1.29, 1.82) is 0 Å². The van der Waals surface area contributed by atoms with Gasteiger partial charge < -0.3 is 19.3 Å². The number of esters is 1. The van der Waals surface area contributed by atoms with Crippen LogP contribution in [0.2, 0.25) is 0 Å². The van der Waals surface area contributed by atoms with Crippen molar-refractivity contribution in [3.63, 3.8) is 0 Å². The van der Waals surface area contributed by atoms with Crippen LogP contribution < -0.4 is 4.74 Å². The third-order valence-electron chi connectivity index (χ3n) is 4.74. The molecule has 2 rings (SSSR count). The normalized spacial score (nSPS) is 19.4. The van der Waals surface area contributed by atoms with Crippen molar-refractivity contribution < 1.29 is 42.5 Å². The molecule has 0 unspecified atom stereocenters. The van der Waals surface area contributed by atoms with E-state index in [0.29, 0.717) is 0 Å². The van der Waals surface area contributed by atoms with Gasteiger partial charge in [-0.2, -0.15) is 0 Å². The van der Waals surface area contributed by atoms with Crippen LogP contribution in [0.3, 0.4) is 0 Å². The van der Waals surface area contributed by atoms with Crippen LogP contribution in [-0.4, -0.2) is 53.5 Å². The summed E-state index contributed by atoms with van der Waals surface area (Å²) >= 11 is 0. The number of ether oxygens (including phenoxy) is 3. The van der Waals surface area contributed by atoms with Crippen molar-refractivity contribution in [2.45, 2.75) is 46.4 Å². The SMILES string of the molecule is CC(C)C(=O)O[C@@H](OC(=O)N1C[C@@H](COc2cc(F)ccc2F)C[C@H]1C(=O)O)C(C)C. The number of carboxylic acids is 1. The summed E-state index contributed by atoms with van der Waals surface area (Å²) < 4.78 is 42.8. The quantitative estimate of drug-likeness (QED) is 0.485. The maximum atomic E-state index is 13.7. The third kappa shape index (κ3) is 6.53. The van der Waals surface area contributed by atoms with Crippen LogP contribution >= 0.6 is 0 Å². The van der Waals surface area contributed by atoms with Gasteiger partial charge in [-0.3, -0.25) is 9.69 Å². The van der Waals surface area contributed by atoms with E-state index < -0.39 is 53.8 Å². The summed E-state index contributed by atoms with van der Waals surface area (Å²) in [4.78, 5) is 37.2. The fraction of sp³-hybridized carbons (Fsp3) is 0.571. The number of hydrogen-bond donors (Lipinski definition) is 1. The number of nitrogens with zero attached hydrogens (tertiary/aromatic N) is 1. The number of amides is 1. The van der Waals surface area contributed by atoms with Gasteiger partial charge in [0.1, 0.15) is 11.9 Å². The molecule has 10 heteroatoms. The summed E-state index contributed by atoms with van der Waals surface area (Å²) in [7, 11) is 0. The molecular formula is C21H27F2NO7. The van der Waals surface area contributed by atoms with Gasteiger partial charge >= 0.3 is 18.0 Å². The molecule has 0 saturated carbocycles. The minimum absolute atomic E-state index is 0.0321. The first-order valence-electron chi connectivity index (χ1n) is 9.98. The van der Waals surface area contributed by atoms with Gasteiger partial charge in [-0.25, -0.2) is 18.4 Å². The summed E-state index contributed by atoms with van der Waals surface area (Å²) in [5.41, 5.74) is 0. The standard InChI is InChI=1S/C21H27F2NO7/c1-11(2)19(27)30-20(12(3)4)31-21(28)24-9-13(7-16(24)18(25)26)10-29-17-8-14(22)5-6-15(17)23/h5-6,8,11-13,16,20H,7,9-10H2,1-4H3,(H,25,26)/t13-,16-,20-/m0/s1. The Morgan fingerprint density at radius 3 is 2.42 bits per heavy atom. The molecule has 0 spiro atoms. The van der Waals surface area contributed by atoms with E-state index in [1.807, 2.05) is 0 Å². The van der Waals surface area contributed by atoms with E-state index in [2.05, 4.69) is 0 Å². The second-order valence-electron chi connectivity index (χ2n) is 8.08. The fourth-order valence-corrected chi connectivity index (χ4v) is 2.99. The Labute approximate surface area is 179 Å². The van der Waals surface area contributed by atoms with Crippen molar-refractivity contribution in [3.05, 3.63) is 29.8 Å². The van der Waals surface area contributed by atoms with Crippen LogP contribution in [0.25, 0.3) is 0 Å². The lowest BCUT2D eigenvalue weighted by Crippen LogP contribution is -2.43. The van der Waals surface area contributed by atoms with Gasteiger partial charge in [0.05, 0.1) is 12.5 Å². The van der Waals surface area contributed by atoms with Crippen LogP contribution in [0, 0.1) is 29.4 Å². The Balaban J connectivity index is 2.04. The van der Waals surface area contributed by atoms with Gasteiger partial charge in [0.2, 0.25) is 0 Å². The van der Waals surface area contributed by atoms with Crippen LogP contribution in [-0.2, 0) is 19.1 Å². The number of carboxylic acid groups (broad SMARTS) is 1. The first-order valence-corrected chi connectivity index (χ1v) is 9.98. The molecule has 0 aliphatic carbocycles. The predicted octanol–water partition coefficient (Wildman–Crippen LogP) is 3.44. The summed E-state index contributed by atoms with van der Waals surface area (Å²) in [6.07, 6.45) is -2.07. The van der Waals surface area contributed by atoms with Gasteiger partial charge in [-0.1, -0.05) is 27.7 Å². The zero-order chi connectivity index (χ0) is 23.3. The second kappa shape index (κ2) is 10.4. The average molecular weight is 443 g/mol. The van der Waals surface area contributed by atoms with E-state index in [0.717, 1.165) is 23.1 Å². The third-order valence-corrected chi connectivity index (χ3v) is 4.74. The van der Waals surface area contributed by atoms with Gasteiger partial charge in [0.15, 0.2) is 11.6 Å². The van der Waals surface area contributed by atoms with Crippen LogP contribution in [0.1, 0.15) is 34.1 Å². The number of likely N-dealkylation sites (tertiary alicyclic amines) is 1. The van der Waals surface area contributed by atoms with Gasteiger partial charge in [-0.15, -0.1) is 0 Å². The summed E-state index contributed by atoms with van der Waals surface area (Å²) in [5.74, 6) is -4.75. The molecule has 0 aromatic heterocycles. The average Bonchev–Trinajstić information content (AvgIpc) is 3.12. The zero-order valence-corrected chi connectivity index (χ0v) is 17.8. The molecule has 1 heterocycles. The van der Waals surface area contributed by atoms with Crippen molar-refractivity contribution in [2.24, 2.45) is 17.8 Å². The van der Waals surface area contributed by atoms with Gasteiger partial charge in [0, 0.05) is 24.4 Å². The Bertz CT molecular complexity index is 815. The molecular weight excluding hydrogens is 416 g/mol. The van der Waals surface area contributed by atoms with Crippen molar-refractivity contribution in [1.82, 2.24) is 4.90 Å². The molecule has 1 aromatic rings. The second-order valence-corrected chi connectivity index (χ2v) is 8.08. The Kier molecular flexibility index (Phi) is 8.18. The Morgan fingerprint density at radius 2 is 1.84 bits per heavy atom. The minimum atomic E-state index is -1.24. The summed E-state index contributed by atoms with van der Waals surface area (Å²) in [6.45, 7) is 6.49. The van der Waals surface area contributed by atoms with Gasteiger partial charge in [-0.05, 0) is 18.6 Å². The van der Waals surface area contributed by atoms with Crippen LogP contribution in [0.5, 0.6) is 5.75 Å². The smallest absolute Gasteiger partial charge is 0.413 e. The predicted molar refractivity (Wildman–Crippen MR) is 104 cm³/mol. The fourth-order valence-electron chi connectivity index (χ4n) is 2.99. The molecule has 3 atom stereocenters. The largest absolute Gasteiger partial charge is 0.490 e. The number of benzene rings is 1. The van der Waals surface area contributed by atoms with Crippen molar-refractivity contribution >= 4 is 18.0 Å². The molecule has 0 bridgehead atoms. The van der Waals surface area contributed by atoms with Crippen molar-refractivity contribution in [3.8, 4) is 5.75 Å². The Morgan fingerprint density at radius 1 is 1.16 bits per heavy atom. The number of aliphatic carboxylic acids is 1. The van der Waals surface area contributed by atoms with E-state index in [1.165, 1.54) is 0 Å². The number of carbonyl (C=O) groups is 3. The lowest BCUT2D eigenvalue weighted by atomic mass is 10.1. The van der Waals surface area contributed by atoms with Gasteiger partial charge in [0.25, 0.3) is 6.29 Å². The number of rotatable bonds is 8. The maximum Gasteiger partial charge on any atom is 0.413 e. The number of halogens is 2. The number of hydrogen-bond acceptors (Lipinski definition) is 6. The topological polar surface area (TPSA) is 102 Å². The minimum Gasteiger partial charge on any atom is -0.490 e. The molecule has 8 nitrogen and oxygen atoms in total. The molecule has 0 radical (unpaired) electrons. The first-order chi connectivity index (χ1) is 14.5. The molecule has 1 aromatic carbocycles. The number of carbonyl (C=O) groups excluding carboxylic acids is 2. The maximum absolute atomic E-state index is 13.7. The molecule has 1 aliphatic heterocycles. The summed E-state index contributed by atoms with van der Waals surface area (Å²) in [6, 6.07) is 1.58. The molecule has 31 heavy (non-hydrogen) atoms. The molecule has 1 N–H and O–H groups in total. The summed E-state index contributed by atoms with van der Waals surface area (Å²) in [5, 5.41) is 9.49. The lowest BCUT2D eigenvalue weighted by molar-refractivity contribution is -0.181. The zero-order valence-electron chi connectivity index (χ0n) is 17.8. The van der Waals surface area contributed by atoms with E-state index in [4.69, 9.17) is 14.2 Å². The highest BCUT2D eigenvalue weighted by molar-refractivity contribution is 5.81. The molecule has 1 saturated heterocycles. The molecule has 1 fully saturated rings. The Hall–Kier alpha value is -2.91. The molecule has 172 valence electrons. The van der Waals surface area contributed by atoms with E-state index in [-0.39, 0.29) is 31.2 Å². The van der Waals surface area contributed by atoms with Crippen LogP contribution in [0.4, 0.5) is 13.6 Å².